The predicted molar refractivity (Wildman–Crippen MR) is 112 cm³/mol. The number of hydrogen-bond donors (Lipinski definition) is 2. The molecule has 0 aliphatic carbocycles. The molecular formula is C23H29N3O2. The number of nitrogens with zero attached hydrogens (tertiary/aromatic N) is 1. The minimum absolute atomic E-state index is 0.00155. The molecule has 2 aromatic rings. The number of amides is 1. The number of anilines is 2. The van der Waals surface area contributed by atoms with Crippen LogP contribution >= 0.6 is 0 Å². The summed E-state index contributed by atoms with van der Waals surface area (Å²) in [7, 11) is 0. The second kappa shape index (κ2) is 9.22. The van der Waals surface area contributed by atoms with Gasteiger partial charge in [-0.05, 0) is 49.4 Å². The van der Waals surface area contributed by atoms with Crippen molar-refractivity contribution in [2.24, 2.45) is 5.92 Å². The Balaban J connectivity index is 1.32. The number of ether oxygens (including phenoxy) is 1. The van der Waals surface area contributed by atoms with Gasteiger partial charge in [-0.25, -0.2) is 0 Å². The maximum absolute atomic E-state index is 12.9. The third kappa shape index (κ3) is 4.91. The lowest BCUT2D eigenvalue weighted by atomic mass is 10.0. The molecule has 5 heteroatoms. The Hall–Kier alpha value is -2.37. The fourth-order valence-electron chi connectivity index (χ4n) is 4.08. The average molecular weight is 380 g/mol. The van der Waals surface area contributed by atoms with Crippen molar-refractivity contribution < 1.29 is 9.53 Å². The van der Waals surface area contributed by atoms with E-state index in [2.05, 4.69) is 15.5 Å². The Morgan fingerprint density at radius 1 is 1.00 bits per heavy atom. The molecule has 28 heavy (non-hydrogen) atoms. The summed E-state index contributed by atoms with van der Waals surface area (Å²) in [6.07, 6.45) is 3.20. The van der Waals surface area contributed by atoms with E-state index in [1.165, 1.54) is 6.42 Å². The van der Waals surface area contributed by atoms with E-state index in [1.54, 1.807) is 0 Å². The van der Waals surface area contributed by atoms with Crippen LogP contribution in [0, 0.1) is 5.92 Å². The summed E-state index contributed by atoms with van der Waals surface area (Å²) < 4.78 is 5.49. The number of hydrogen-bond acceptors (Lipinski definition) is 4. The molecule has 148 valence electrons. The summed E-state index contributed by atoms with van der Waals surface area (Å²) in [4.78, 5) is 15.4. The number of rotatable bonds is 6. The van der Waals surface area contributed by atoms with Crippen molar-refractivity contribution in [2.45, 2.75) is 25.3 Å². The Labute approximate surface area is 167 Å². The maximum atomic E-state index is 12.9. The standard InChI is InChI=1S/C23H29N3O2/c27-23(21-8-4-5-9-22(21)24-19-6-2-1-3-7-19)25-20-10-13-26(14-11-20)16-18-12-15-28-17-18/h1-9,18,20,24H,10-17H2,(H,25,27). The van der Waals surface area contributed by atoms with Crippen LogP contribution < -0.4 is 10.6 Å². The molecule has 4 rings (SSSR count). The minimum Gasteiger partial charge on any atom is -0.381 e. The van der Waals surface area contributed by atoms with Gasteiger partial charge in [-0.2, -0.15) is 0 Å². The summed E-state index contributed by atoms with van der Waals surface area (Å²) in [6, 6.07) is 17.9. The van der Waals surface area contributed by atoms with Gasteiger partial charge in [0.25, 0.3) is 5.91 Å². The normalized spacial score (nSPS) is 20.8. The zero-order valence-corrected chi connectivity index (χ0v) is 16.3. The van der Waals surface area contributed by atoms with Crippen molar-refractivity contribution in [1.29, 1.82) is 0 Å². The minimum atomic E-state index is 0.00155. The first kappa shape index (κ1) is 19.0. The number of benzene rings is 2. The topological polar surface area (TPSA) is 53.6 Å². The second-order valence-corrected chi connectivity index (χ2v) is 7.81. The van der Waals surface area contributed by atoms with Crippen molar-refractivity contribution in [3.8, 4) is 0 Å². The van der Waals surface area contributed by atoms with Crippen LogP contribution in [0.4, 0.5) is 11.4 Å². The summed E-state index contributed by atoms with van der Waals surface area (Å²) in [6.45, 7) is 5.04. The Bertz CT molecular complexity index is 766. The first-order valence-corrected chi connectivity index (χ1v) is 10.3. The highest BCUT2D eigenvalue weighted by Crippen LogP contribution is 2.22. The fourth-order valence-corrected chi connectivity index (χ4v) is 4.08. The lowest BCUT2D eigenvalue weighted by Gasteiger charge is -2.33. The van der Waals surface area contributed by atoms with Gasteiger partial charge in [0.15, 0.2) is 0 Å². The summed E-state index contributed by atoms with van der Waals surface area (Å²) >= 11 is 0. The van der Waals surface area contributed by atoms with Gasteiger partial charge in [0.05, 0.1) is 17.9 Å². The highest BCUT2D eigenvalue weighted by molar-refractivity contribution is 6.00. The van der Waals surface area contributed by atoms with Gasteiger partial charge < -0.3 is 20.3 Å². The van der Waals surface area contributed by atoms with E-state index in [9.17, 15) is 4.79 Å². The molecule has 1 unspecified atom stereocenters. The Morgan fingerprint density at radius 3 is 2.50 bits per heavy atom. The molecule has 2 N–H and O–H groups in total. The van der Waals surface area contributed by atoms with Crippen LogP contribution in [0.15, 0.2) is 54.6 Å². The molecule has 5 nitrogen and oxygen atoms in total. The first-order valence-electron chi connectivity index (χ1n) is 10.3. The van der Waals surface area contributed by atoms with E-state index in [-0.39, 0.29) is 11.9 Å². The van der Waals surface area contributed by atoms with Crippen molar-refractivity contribution in [3.05, 3.63) is 60.2 Å². The monoisotopic (exact) mass is 379 g/mol. The Kier molecular flexibility index (Phi) is 6.24. The third-order valence-electron chi connectivity index (χ3n) is 5.69. The van der Waals surface area contributed by atoms with Crippen molar-refractivity contribution in [1.82, 2.24) is 10.2 Å². The lowest BCUT2D eigenvalue weighted by molar-refractivity contribution is 0.0904. The highest BCUT2D eigenvalue weighted by Gasteiger charge is 2.25. The summed E-state index contributed by atoms with van der Waals surface area (Å²) in [5.74, 6) is 0.684. The largest absolute Gasteiger partial charge is 0.381 e. The molecule has 1 amide bonds. The van der Waals surface area contributed by atoms with Gasteiger partial charge in [0.1, 0.15) is 0 Å². The summed E-state index contributed by atoms with van der Waals surface area (Å²) in [5.41, 5.74) is 2.51. The zero-order valence-electron chi connectivity index (χ0n) is 16.3. The second-order valence-electron chi connectivity index (χ2n) is 7.81. The van der Waals surface area contributed by atoms with E-state index in [0.717, 1.165) is 57.1 Å². The SMILES string of the molecule is O=C(NC1CCN(CC2CCOC2)CC1)c1ccccc1Nc1ccccc1. The van der Waals surface area contributed by atoms with Gasteiger partial charge in [-0.15, -0.1) is 0 Å². The molecular weight excluding hydrogens is 350 g/mol. The number of carbonyl (C=O) groups is 1. The molecule has 1 atom stereocenters. The average Bonchev–Trinajstić information content (AvgIpc) is 3.24. The molecule has 2 saturated heterocycles. The van der Waals surface area contributed by atoms with Crippen LogP contribution in [0.25, 0.3) is 0 Å². The van der Waals surface area contributed by atoms with Gasteiger partial charge >= 0.3 is 0 Å². The van der Waals surface area contributed by atoms with Crippen molar-refractivity contribution in [3.63, 3.8) is 0 Å². The zero-order chi connectivity index (χ0) is 19.2. The maximum Gasteiger partial charge on any atom is 0.253 e. The molecule has 2 aliphatic heterocycles. The van der Waals surface area contributed by atoms with E-state index in [4.69, 9.17) is 4.74 Å². The highest BCUT2D eigenvalue weighted by atomic mass is 16.5. The molecule has 2 aliphatic rings. The molecule has 0 spiro atoms. The van der Waals surface area contributed by atoms with Gasteiger partial charge in [0, 0.05) is 38.0 Å². The molecule has 2 aromatic carbocycles. The Morgan fingerprint density at radius 2 is 1.75 bits per heavy atom. The van der Waals surface area contributed by atoms with Crippen LogP contribution in [0.3, 0.4) is 0 Å². The molecule has 2 heterocycles. The van der Waals surface area contributed by atoms with Crippen molar-refractivity contribution >= 4 is 17.3 Å². The van der Waals surface area contributed by atoms with Crippen molar-refractivity contribution in [2.75, 3.05) is 38.2 Å². The quantitative estimate of drug-likeness (QED) is 0.804. The summed E-state index contributed by atoms with van der Waals surface area (Å²) in [5, 5.41) is 6.60. The van der Waals surface area contributed by atoms with E-state index in [1.807, 2.05) is 54.6 Å². The number of nitrogens with one attached hydrogen (secondary N) is 2. The van der Waals surface area contributed by atoms with Crippen LogP contribution in [0.5, 0.6) is 0 Å². The smallest absolute Gasteiger partial charge is 0.253 e. The third-order valence-corrected chi connectivity index (χ3v) is 5.69. The lowest BCUT2D eigenvalue weighted by Crippen LogP contribution is -2.45. The predicted octanol–water partition coefficient (Wildman–Crippen LogP) is 3.66. The fraction of sp³-hybridized carbons (Fsp3) is 0.435. The molecule has 2 fully saturated rings. The number of para-hydroxylation sites is 2. The molecule has 0 saturated carbocycles. The molecule has 0 radical (unpaired) electrons. The molecule has 0 bridgehead atoms. The van der Waals surface area contributed by atoms with Gasteiger partial charge in [0.2, 0.25) is 0 Å². The number of piperidine rings is 1. The molecule has 0 aromatic heterocycles. The first-order chi connectivity index (χ1) is 13.8. The number of likely N-dealkylation sites (tertiary alicyclic amines) is 1. The van der Waals surface area contributed by atoms with Crippen LogP contribution in [0.1, 0.15) is 29.6 Å². The van der Waals surface area contributed by atoms with Gasteiger partial charge in [-0.3, -0.25) is 4.79 Å². The van der Waals surface area contributed by atoms with E-state index >= 15 is 0 Å². The van der Waals surface area contributed by atoms with Crippen LogP contribution in [-0.4, -0.2) is 49.7 Å². The van der Waals surface area contributed by atoms with Crippen LogP contribution in [0.2, 0.25) is 0 Å². The van der Waals surface area contributed by atoms with E-state index in [0.29, 0.717) is 11.5 Å². The van der Waals surface area contributed by atoms with Gasteiger partial charge in [-0.1, -0.05) is 30.3 Å². The van der Waals surface area contributed by atoms with E-state index < -0.39 is 0 Å². The van der Waals surface area contributed by atoms with Crippen LogP contribution in [-0.2, 0) is 4.74 Å². The number of carbonyl (C=O) groups excluding carboxylic acids is 1.